The molecule has 0 saturated carbocycles. The van der Waals surface area contributed by atoms with Crippen LogP contribution in [0, 0.1) is 18.3 Å². The van der Waals surface area contributed by atoms with Crippen molar-refractivity contribution >= 4 is 39.0 Å². The molecular formula is C15H10ClN3S. The summed E-state index contributed by atoms with van der Waals surface area (Å²) in [6.45, 7) is 1.90. The van der Waals surface area contributed by atoms with Gasteiger partial charge in [-0.2, -0.15) is 5.26 Å². The Hall–Kier alpha value is -2.09. The number of nitrogens with zero attached hydrogens (tertiary/aromatic N) is 2. The minimum absolute atomic E-state index is 0.290. The van der Waals surface area contributed by atoms with Gasteiger partial charge in [0.25, 0.3) is 0 Å². The highest BCUT2D eigenvalue weighted by molar-refractivity contribution is 7.22. The lowest BCUT2D eigenvalue weighted by Crippen LogP contribution is -1.96. The van der Waals surface area contributed by atoms with Gasteiger partial charge in [-0.3, -0.25) is 0 Å². The Kier molecular flexibility index (Phi) is 3.09. The molecule has 1 aromatic carbocycles. The minimum Gasteiger partial charge on any atom is -0.383 e. The highest BCUT2D eigenvalue weighted by Gasteiger charge is 2.13. The molecule has 98 valence electrons. The summed E-state index contributed by atoms with van der Waals surface area (Å²) in [7, 11) is 0. The van der Waals surface area contributed by atoms with Crippen molar-refractivity contribution in [2.75, 3.05) is 5.73 Å². The number of nitriles is 1. The Labute approximate surface area is 125 Å². The molecule has 3 nitrogen and oxygen atoms in total. The molecule has 0 unspecified atom stereocenters. The molecule has 0 fully saturated rings. The SMILES string of the molecule is Cc1c(C#N)c(N)nc2cc(-c3ccc(Cl)cc3)sc12. The average Bonchev–Trinajstić information content (AvgIpc) is 2.84. The number of nitrogens with two attached hydrogens (primary N) is 1. The van der Waals surface area contributed by atoms with Crippen LogP contribution in [0.3, 0.4) is 0 Å². The maximum absolute atomic E-state index is 9.13. The van der Waals surface area contributed by atoms with E-state index in [1.807, 2.05) is 37.3 Å². The summed E-state index contributed by atoms with van der Waals surface area (Å²) >= 11 is 7.51. The second kappa shape index (κ2) is 4.78. The molecular weight excluding hydrogens is 290 g/mol. The number of nitrogen functional groups attached to an aromatic ring is 1. The molecule has 0 radical (unpaired) electrons. The van der Waals surface area contributed by atoms with Crippen LogP contribution in [0.5, 0.6) is 0 Å². The fourth-order valence-corrected chi connectivity index (χ4v) is 3.36. The van der Waals surface area contributed by atoms with E-state index >= 15 is 0 Å². The van der Waals surface area contributed by atoms with Gasteiger partial charge in [0.05, 0.1) is 15.8 Å². The van der Waals surface area contributed by atoms with E-state index in [0.717, 1.165) is 26.2 Å². The van der Waals surface area contributed by atoms with Gasteiger partial charge in [-0.1, -0.05) is 23.7 Å². The number of hydrogen-bond donors (Lipinski definition) is 1. The van der Waals surface area contributed by atoms with Gasteiger partial charge in [0.1, 0.15) is 11.9 Å². The van der Waals surface area contributed by atoms with Crippen molar-refractivity contribution in [1.82, 2.24) is 4.98 Å². The number of thiophene rings is 1. The second-order valence-corrected chi connectivity index (χ2v) is 5.93. The van der Waals surface area contributed by atoms with E-state index in [1.165, 1.54) is 0 Å². The Morgan fingerprint density at radius 1 is 1.30 bits per heavy atom. The van der Waals surface area contributed by atoms with Crippen LogP contribution in [0.2, 0.25) is 5.02 Å². The quantitative estimate of drug-likeness (QED) is 0.725. The van der Waals surface area contributed by atoms with Crippen LogP contribution in [0.4, 0.5) is 5.82 Å². The van der Waals surface area contributed by atoms with Crippen LogP contribution in [-0.2, 0) is 0 Å². The standard InChI is InChI=1S/C15H10ClN3S/c1-8-11(7-17)15(18)19-12-6-13(20-14(8)12)9-2-4-10(16)5-3-9/h2-6H,1H3,(H2,18,19). The number of aryl methyl sites for hydroxylation is 1. The van der Waals surface area contributed by atoms with E-state index in [1.54, 1.807) is 11.3 Å². The molecule has 5 heteroatoms. The van der Waals surface area contributed by atoms with Crippen LogP contribution in [-0.4, -0.2) is 4.98 Å². The van der Waals surface area contributed by atoms with Crippen LogP contribution in [0.15, 0.2) is 30.3 Å². The monoisotopic (exact) mass is 299 g/mol. The summed E-state index contributed by atoms with van der Waals surface area (Å²) in [5.74, 6) is 0.290. The van der Waals surface area contributed by atoms with Crippen LogP contribution in [0.1, 0.15) is 11.1 Å². The Morgan fingerprint density at radius 3 is 2.65 bits per heavy atom. The van der Waals surface area contributed by atoms with Gasteiger partial charge in [0.15, 0.2) is 0 Å². The Morgan fingerprint density at radius 2 is 2.00 bits per heavy atom. The van der Waals surface area contributed by atoms with Gasteiger partial charge in [-0.25, -0.2) is 4.98 Å². The molecule has 3 rings (SSSR count). The zero-order chi connectivity index (χ0) is 14.3. The lowest BCUT2D eigenvalue weighted by atomic mass is 10.1. The van der Waals surface area contributed by atoms with E-state index in [4.69, 9.17) is 22.6 Å². The Balaban J connectivity index is 2.23. The molecule has 0 saturated heterocycles. The summed E-state index contributed by atoms with van der Waals surface area (Å²) in [6, 6.07) is 11.8. The third-order valence-corrected chi connectivity index (χ3v) is 4.71. The van der Waals surface area contributed by atoms with Crippen molar-refractivity contribution in [1.29, 1.82) is 5.26 Å². The van der Waals surface area contributed by atoms with Crippen molar-refractivity contribution in [2.45, 2.75) is 6.92 Å². The maximum atomic E-state index is 9.13. The zero-order valence-electron chi connectivity index (χ0n) is 10.6. The molecule has 2 N–H and O–H groups in total. The van der Waals surface area contributed by atoms with E-state index in [9.17, 15) is 0 Å². The third-order valence-electron chi connectivity index (χ3n) is 3.17. The van der Waals surface area contributed by atoms with E-state index in [2.05, 4.69) is 11.1 Å². The smallest absolute Gasteiger partial charge is 0.142 e. The number of fused-ring (bicyclic) bond motifs is 1. The van der Waals surface area contributed by atoms with Gasteiger partial charge in [-0.15, -0.1) is 11.3 Å². The second-order valence-electron chi connectivity index (χ2n) is 4.44. The van der Waals surface area contributed by atoms with E-state index in [-0.39, 0.29) is 5.82 Å². The van der Waals surface area contributed by atoms with Gasteiger partial charge in [0, 0.05) is 9.90 Å². The largest absolute Gasteiger partial charge is 0.383 e. The number of benzene rings is 1. The summed E-state index contributed by atoms with van der Waals surface area (Å²) in [4.78, 5) is 5.40. The number of rotatable bonds is 1. The normalized spacial score (nSPS) is 10.7. The molecule has 0 aliphatic carbocycles. The molecule has 2 aromatic heterocycles. The van der Waals surface area contributed by atoms with Crippen molar-refractivity contribution in [2.24, 2.45) is 0 Å². The average molecular weight is 300 g/mol. The number of anilines is 1. The van der Waals surface area contributed by atoms with Crippen LogP contribution >= 0.6 is 22.9 Å². The first-order valence-electron chi connectivity index (χ1n) is 5.96. The molecule has 0 aliphatic rings. The van der Waals surface area contributed by atoms with Crippen molar-refractivity contribution in [3.63, 3.8) is 0 Å². The highest BCUT2D eigenvalue weighted by Crippen LogP contribution is 2.36. The van der Waals surface area contributed by atoms with Crippen molar-refractivity contribution in [3.8, 4) is 16.5 Å². The molecule has 0 amide bonds. The summed E-state index contributed by atoms with van der Waals surface area (Å²) in [6.07, 6.45) is 0. The fraction of sp³-hybridized carbons (Fsp3) is 0.0667. The van der Waals surface area contributed by atoms with Crippen molar-refractivity contribution < 1.29 is 0 Å². The van der Waals surface area contributed by atoms with Gasteiger partial charge >= 0.3 is 0 Å². The topological polar surface area (TPSA) is 62.7 Å². The van der Waals surface area contributed by atoms with E-state index in [0.29, 0.717) is 10.6 Å². The number of pyridine rings is 1. The first kappa shape index (κ1) is 12.9. The minimum atomic E-state index is 0.290. The lowest BCUT2D eigenvalue weighted by Gasteiger charge is -2.01. The molecule has 2 heterocycles. The predicted octanol–water partition coefficient (Wildman–Crippen LogP) is 4.38. The van der Waals surface area contributed by atoms with Crippen LogP contribution < -0.4 is 5.73 Å². The fourth-order valence-electron chi connectivity index (χ4n) is 2.12. The first-order valence-corrected chi connectivity index (χ1v) is 7.15. The third kappa shape index (κ3) is 2.01. The number of halogens is 1. The highest BCUT2D eigenvalue weighted by atomic mass is 35.5. The summed E-state index contributed by atoms with van der Waals surface area (Å²) < 4.78 is 1.00. The van der Waals surface area contributed by atoms with Gasteiger partial charge < -0.3 is 5.73 Å². The number of hydrogen-bond acceptors (Lipinski definition) is 4. The zero-order valence-corrected chi connectivity index (χ0v) is 12.2. The summed E-state index contributed by atoms with van der Waals surface area (Å²) in [5.41, 5.74) is 9.07. The van der Waals surface area contributed by atoms with E-state index < -0.39 is 0 Å². The van der Waals surface area contributed by atoms with Gasteiger partial charge in [0.2, 0.25) is 0 Å². The molecule has 0 aliphatic heterocycles. The molecule has 20 heavy (non-hydrogen) atoms. The van der Waals surface area contributed by atoms with Crippen LogP contribution in [0.25, 0.3) is 20.7 Å². The molecule has 0 atom stereocenters. The predicted molar refractivity (Wildman–Crippen MR) is 83.9 cm³/mol. The Bertz CT molecular complexity index is 844. The molecule has 0 bridgehead atoms. The maximum Gasteiger partial charge on any atom is 0.142 e. The first-order chi connectivity index (χ1) is 9.60. The lowest BCUT2D eigenvalue weighted by molar-refractivity contribution is 1.34. The summed E-state index contributed by atoms with van der Waals surface area (Å²) in [5, 5.41) is 9.84. The molecule has 3 aromatic rings. The van der Waals surface area contributed by atoms with Gasteiger partial charge in [-0.05, 0) is 36.2 Å². The van der Waals surface area contributed by atoms with Crippen molar-refractivity contribution in [3.05, 3.63) is 46.5 Å². The molecule has 0 spiro atoms. The number of aromatic nitrogens is 1.